The summed E-state index contributed by atoms with van der Waals surface area (Å²) in [6, 6.07) is 4.54. The summed E-state index contributed by atoms with van der Waals surface area (Å²) in [6.07, 6.45) is 1.79. The van der Waals surface area contributed by atoms with Crippen LogP contribution in [0.15, 0.2) is 24.4 Å². The topological polar surface area (TPSA) is 79.1 Å². The molecule has 17 heavy (non-hydrogen) atoms. The third-order valence-electron chi connectivity index (χ3n) is 2.99. The van der Waals surface area contributed by atoms with E-state index < -0.39 is 12.0 Å². The largest absolute Gasteiger partial charge is 0.480 e. The van der Waals surface area contributed by atoms with Gasteiger partial charge in [-0.3, -0.25) is 4.79 Å². The second-order valence-corrected chi connectivity index (χ2v) is 4.52. The van der Waals surface area contributed by atoms with Crippen LogP contribution in [0.25, 0.3) is 10.9 Å². The Morgan fingerprint density at radius 2 is 2.24 bits per heavy atom. The number of nitrogens with one attached hydrogen (secondary N) is 1. The second-order valence-electron chi connectivity index (χ2n) is 4.09. The molecular formula is C12H13ClN2O2. The molecule has 2 aromatic rings. The summed E-state index contributed by atoms with van der Waals surface area (Å²) in [5.74, 6) is -1.28. The molecule has 2 atom stereocenters. The van der Waals surface area contributed by atoms with Gasteiger partial charge in [0.25, 0.3) is 0 Å². The maximum atomic E-state index is 10.9. The summed E-state index contributed by atoms with van der Waals surface area (Å²) in [5.41, 5.74) is 7.43. The molecule has 0 spiro atoms. The van der Waals surface area contributed by atoms with Crippen LogP contribution in [0, 0.1) is 0 Å². The van der Waals surface area contributed by atoms with Crippen LogP contribution >= 0.6 is 11.6 Å². The number of aliphatic carboxylic acids is 1. The van der Waals surface area contributed by atoms with Crippen molar-refractivity contribution in [2.75, 3.05) is 0 Å². The zero-order chi connectivity index (χ0) is 12.6. The van der Waals surface area contributed by atoms with Crippen LogP contribution < -0.4 is 5.73 Å². The molecule has 90 valence electrons. The van der Waals surface area contributed by atoms with Crippen molar-refractivity contribution in [1.29, 1.82) is 0 Å². The number of carbonyl (C=O) groups is 1. The first kappa shape index (κ1) is 12.0. The Labute approximate surface area is 103 Å². The molecule has 0 aliphatic carbocycles. The van der Waals surface area contributed by atoms with Crippen LogP contribution in [0.4, 0.5) is 0 Å². The number of hydrogen-bond acceptors (Lipinski definition) is 2. The fourth-order valence-electron chi connectivity index (χ4n) is 1.90. The van der Waals surface area contributed by atoms with Gasteiger partial charge in [-0.25, -0.2) is 0 Å². The highest BCUT2D eigenvalue weighted by Crippen LogP contribution is 2.29. The van der Waals surface area contributed by atoms with Gasteiger partial charge < -0.3 is 15.8 Å². The summed E-state index contributed by atoms with van der Waals surface area (Å²) in [5, 5.41) is 10.5. The summed E-state index contributed by atoms with van der Waals surface area (Å²) < 4.78 is 0. The molecule has 0 amide bonds. The van der Waals surface area contributed by atoms with Gasteiger partial charge in [0, 0.05) is 28.0 Å². The maximum Gasteiger partial charge on any atom is 0.321 e. The molecule has 0 fully saturated rings. The van der Waals surface area contributed by atoms with Crippen molar-refractivity contribution in [3.63, 3.8) is 0 Å². The van der Waals surface area contributed by atoms with Gasteiger partial charge in [0.15, 0.2) is 0 Å². The monoisotopic (exact) mass is 252 g/mol. The van der Waals surface area contributed by atoms with Gasteiger partial charge in [-0.2, -0.15) is 0 Å². The number of halogens is 1. The van der Waals surface area contributed by atoms with E-state index in [4.69, 9.17) is 22.4 Å². The van der Waals surface area contributed by atoms with E-state index in [9.17, 15) is 4.79 Å². The Morgan fingerprint density at radius 3 is 2.88 bits per heavy atom. The molecule has 0 unspecified atom stereocenters. The van der Waals surface area contributed by atoms with Crippen LogP contribution in [0.1, 0.15) is 18.4 Å². The Bertz CT molecular complexity index is 565. The van der Waals surface area contributed by atoms with Crippen molar-refractivity contribution in [2.24, 2.45) is 5.73 Å². The molecule has 2 rings (SSSR count). The molecule has 0 saturated carbocycles. The number of benzene rings is 1. The van der Waals surface area contributed by atoms with E-state index in [1.165, 1.54) is 0 Å². The SMILES string of the molecule is C[C@@H](c1c[nH]c2ccc(Cl)cc12)[C@H](N)C(=O)O. The summed E-state index contributed by atoms with van der Waals surface area (Å²) in [6.45, 7) is 1.79. The lowest BCUT2D eigenvalue weighted by Gasteiger charge is -2.15. The van der Waals surface area contributed by atoms with Crippen LogP contribution in [-0.2, 0) is 4.79 Å². The van der Waals surface area contributed by atoms with Crippen molar-refractivity contribution in [1.82, 2.24) is 4.98 Å². The maximum absolute atomic E-state index is 10.9. The zero-order valence-electron chi connectivity index (χ0n) is 9.27. The van der Waals surface area contributed by atoms with E-state index in [0.29, 0.717) is 5.02 Å². The fraction of sp³-hybridized carbons (Fsp3) is 0.250. The van der Waals surface area contributed by atoms with Crippen molar-refractivity contribution in [2.45, 2.75) is 18.9 Å². The minimum atomic E-state index is -1.01. The smallest absolute Gasteiger partial charge is 0.321 e. The number of hydrogen-bond donors (Lipinski definition) is 3. The number of aromatic nitrogens is 1. The van der Waals surface area contributed by atoms with E-state index in [0.717, 1.165) is 16.5 Å². The number of aromatic amines is 1. The first-order valence-corrected chi connectivity index (χ1v) is 5.63. The van der Waals surface area contributed by atoms with Crippen molar-refractivity contribution in [3.8, 4) is 0 Å². The number of carboxylic acid groups (broad SMARTS) is 1. The highest BCUT2D eigenvalue weighted by atomic mass is 35.5. The predicted octanol–water partition coefficient (Wildman–Crippen LogP) is 2.34. The van der Waals surface area contributed by atoms with Gasteiger partial charge in [-0.1, -0.05) is 18.5 Å². The molecule has 0 aliphatic heterocycles. The van der Waals surface area contributed by atoms with Gasteiger partial charge in [0.2, 0.25) is 0 Å². The molecule has 4 N–H and O–H groups in total. The molecule has 1 aromatic heterocycles. The summed E-state index contributed by atoms with van der Waals surface area (Å²) >= 11 is 5.93. The predicted molar refractivity (Wildman–Crippen MR) is 67.3 cm³/mol. The number of nitrogens with two attached hydrogens (primary N) is 1. The molecule has 0 bridgehead atoms. The third kappa shape index (κ3) is 2.14. The minimum Gasteiger partial charge on any atom is -0.480 e. The number of fused-ring (bicyclic) bond motifs is 1. The highest BCUT2D eigenvalue weighted by molar-refractivity contribution is 6.31. The van der Waals surface area contributed by atoms with Gasteiger partial charge >= 0.3 is 5.97 Å². The van der Waals surface area contributed by atoms with Crippen LogP contribution in [-0.4, -0.2) is 22.1 Å². The quantitative estimate of drug-likeness (QED) is 0.784. The van der Waals surface area contributed by atoms with Crippen molar-refractivity contribution >= 4 is 28.5 Å². The molecule has 5 heteroatoms. The summed E-state index contributed by atoms with van der Waals surface area (Å²) in [4.78, 5) is 14.0. The average molecular weight is 253 g/mol. The van der Waals surface area contributed by atoms with Crippen LogP contribution in [0.3, 0.4) is 0 Å². The average Bonchev–Trinajstić information content (AvgIpc) is 2.69. The Morgan fingerprint density at radius 1 is 1.53 bits per heavy atom. The van der Waals surface area contributed by atoms with Crippen LogP contribution in [0.2, 0.25) is 5.02 Å². The van der Waals surface area contributed by atoms with E-state index in [2.05, 4.69) is 4.98 Å². The van der Waals surface area contributed by atoms with E-state index >= 15 is 0 Å². The van der Waals surface area contributed by atoms with Crippen molar-refractivity contribution < 1.29 is 9.90 Å². The molecule has 0 saturated heterocycles. The van der Waals surface area contributed by atoms with E-state index in [-0.39, 0.29) is 5.92 Å². The second kappa shape index (κ2) is 4.39. The first-order valence-electron chi connectivity index (χ1n) is 5.25. The van der Waals surface area contributed by atoms with Crippen molar-refractivity contribution in [3.05, 3.63) is 35.0 Å². The van der Waals surface area contributed by atoms with Gasteiger partial charge in [-0.15, -0.1) is 0 Å². The van der Waals surface area contributed by atoms with Gasteiger partial charge in [-0.05, 0) is 23.8 Å². The summed E-state index contributed by atoms with van der Waals surface area (Å²) in [7, 11) is 0. The highest BCUT2D eigenvalue weighted by Gasteiger charge is 2.23. The standard InChI is InChI=1S/C12H13ClN2O2/c1-6(11(14)12(16)17)9-5-15-10-3-2-7(13)4-8(9)10/h2-6,11,15H,14H2,1H3,(H,16,17)/t6-,11-/m0/s1. The molecular weight excluding hydrogens is 240 g/mol. The Hall–Kier alpha value is -1.52. The fourth-order valence-corrected chi connectivity index (χ4v) is 2.07. The lowest BCUT2D eigenvalue weighted by Crippen LogP contribution is -2.35. The van der Waals surface area contributed by atoms with Gasteiger partial charge in [0.1, 0.15) is 6.04 Å². The lowest BCUT2D eigenvalue weighted by molar-refractivity contribution is -0.138. The molecule has 1 heterocycles. The van der Waals surface area contributed by atoms with Gasteiger partial charge in [0.05, 0.1) is 0 Å². The van der Waals surface area contributed by atoms with E-state index in [1.807, 2.05) is 12.1 Å². The third-order valence-corrected chi connectivity index (χ3v) is 3.23. The number of carboxylic acids is 1. The molecule has 0 aliphatic rings. The molecule has 4 nitrogen and oxygen atoms in total. The minimum absolute atomic E-state index is 0.278. The molecule has 0 radical (unpaired) electrons. The van der Waals surface area contributed by atoms with Crippen LogP contribution in [0.5, 0.6) is 0 Å². The molecule has 1 aromatic carbocycles. The number of H-pyrrole nitrogens is 1. The first-order chi connectivity index (χ1) is 8.00. The normalized spacial score (nSPS) is 14.8. The number of rotatable bonds is 3. The van der Waals surface area contributed by atoms with E-state index in [1.54, 1.807) is 19.2 Å². The zero-order valence-corrected chi connectivity index (χ0v) is 10.0. The Balaban J connectivity index is 2.48. The lowest BCUT2D eigenvalue weighted by atomic mass is 9.93. The Kier molecular flexibility index (Phi) is 3.09.